The molecule has 0 bridgehead atoms. The molecule has 2 aromatic carbocycles. The predicted molar refractivity (Wildman–Crippen MR) is 94.7 cm³/mol. The van der Waals surface area contributed by atoms with Crippen molar-refractivity contribution < 1.29 is 0 Å². The van der Waals surface area contributed by atoms with E-state index >= 15 is 0 Å². The van der Waals surface area contributed by atoms with Crippen LogP contribution in [-0.4, -0.2) is 4.98 Å². The molecule has 5 heteroatoms. The van der Waals surface area contributed by atoms with Crippen molar-refractivity contribution >= 4 is 49.7 Å². The number of halogens is 2. The van der Waals surface area contributed by atoms with E-state index in [0.717, 1.165) is 26.5 Å². The third-order valence-electron chi connectivity index (χ3n) is 2.99. The Morgan fingerprint density at radius 3 is 2.62 bits per heavy atom. The Labute approximate surface area is 140 Å². The summed E-state index contributed by atoms with van der Waals surface area (Å²) in [4.78, 5) is 5.87. The molecule has 0 saturated carbocycles. The van der Waals surface area contributed by atoms with E-state index in [-0.39, 0.29) is 0 Å². The number of anilines is 2. The highest BCUT2D eigenvalue weighted by atomic mass is 79.9. The Morgan fingerprint density at radius 2 is 1.90 bits per heavy atom. The maximum atomic E-state index is 6.00. The topological polar surface area (TPSA) is 24.9 Å². The van der Waals surface area contributed by atoms with E-state index in [0.29, 0.717) is 5.02 Å². The van der Waals surface area contributed by atoms with Crippen LogP contribution < -0.4 is 5.32 Å². The SMILES string of the molecule is Cc1sc(Nc2cccc(Cl)c2)nc1-c1ccc(Br)cc1. The van der Waals surface area contributed by atoms with Crippen LogP contribution in [0.25, 0.3) is 11.3 Å². The Kier molecular flexibility index (Phi) is 4.29. The summed E-state index contributed by atoms with van der Waals surface area (Å²) < 4.78 is 1.07. The van der Waals surface area contributed by atoms with Crippen molar-refractivity contribution in [2.24, 2.45) is 0 Å². The van der Waals surface area contributed by atoms with Crippen LogP contribution in [0.2, 0.25) is 5.02 Å². The molecule has 1 N–H and O–H groups in total. The van der Waals surface area contributed by atoms with Crippen molar-refractivity contribution in [1.82, 2.24) is 4.98 Å². The number of hydrogen-bond acceptors (Lipinski definition) is 3. The normalized spacial score (nSPS) is 10.6. The molecule has 0 radical (unpaired) electrons. The van der Waals surface area contributed by atoms with E-state index in [9.17, 15) is 0 Å². The second kappa shape index (κ2) is 6.18. The number of nitrogens with zero attached hydrogens (tertiary/aromatic N) is 1. The summed E-state index contributed by atoms with van der Waals surface area (Å²) in [5.74, 6) is 0. The summed E-state index contributed by atoms with van der Waals surface area (Å²) in [7, 11) is 0. The number of benzene rings is 2. The molecule has 106 valence electrons. The molecule has 3 rings (SSSR count). The van der Waals surface area contributed by atoms with E-state index in [1.165, 1.54) is 4.88 Å². The summed E-state index contributed by atoms with van der Waals surface area (Å²) >= 11 is 11.1. The number of nitrogens with one attached hydrogen (secondary N) is 1. The molecule has 3 aromatic rings. The monoisotopic (exact) mass is 378 g/mol. The molecule has 0 amide bonds. The van der Waals surface area contributed by atoms with Gasteiger partial charge in [0.05, 0.1) is 5.69 Å². The van der Waals surface area contributed by atoms with Crippen molar-refractivity contribution in [3.63, 3.8) is 0 Å². The first kappa shape index (κ1) is 14.6. The van der Waals surface area contributed by atoms with Crippen molar-refractivity contribution in [3.8, 4) is 11.3 Å². The van der Waals surface area contributed by atoms with Gasteiger partial charge < -0.3 is 5.32 Å². The highest BCUT2D eigenvalue weighted by molar-refractivity contribution is 9.10. The minimum absolute atomic E-state index is 0.710. The summed E-state index contributed by atoms with van der Waals surface area (Å²) in [5.41, 5.74) is 3.07. The summed E-state index contributed by atoms with van der Waals surface area (Å²) in [6, 6.07) is 15.8. The number of thiazole rings is 1. The van der Waals surface area contributed by atoms with Crippen molar-refractivity contribution in [2.75, 3.05) is 5.32 Å². The van der Waals surface area contributed by atoms with Gasteiger partial charge in [-0.3, -0.25) is 0 Å². The molecular formula is C16H12BrClN2S. The average molecular weight is 380 g/mol. The van der Waals surface area contributed by atoms with Crippen LogP contribution in [0.4, 0.5) is 10.8 Å². The summed E-state index contributed by atoms with van der Waals surface area (Å²) in [6.07, 6.45) is 0. The van der Waals surface area contributed by atoms with E-state index < -0.39 is 0 Å². The molecule has 1 heterocycles. The first-order valence-electron chi connectivity index (χ1n) is 6.38. The van der Waals surface area contributed by atoms with Gasteiger partial charge in [-0.15, -0.1) is 11.3 Å². The van der Waals surface area contributed by atoms with Crippen molar-refractivity contribution in [3.05, 3.63) is 62.9 Å². The van der Waals surface area contributed by atoms with Gasteiger partial charge in [0.1, 0.15) is 0 Å². The molecule has 0 aliphatic rings. The molecular weight excluding hydrogens is 368 g/mol. The first-order chi connectivity index (χ1) is 10.1. The molecule has 21 heavy (non-hydrogen) atoms. The quantitative estimate of drug-likeness (QED) is 0.579. The van der Waals surface area contributed by atoms with Gasteiger partial charge in [0, 0.05) is 25.6 Å². The molecule has 2 nitrogen and oxygen atoms in total. The molecule has 0 aliphatic carbocycles. The Morgan fingerprint density at radius 1 is 1.14 bits per heavy atom. The molecule has 1 aromatic heterocycles. The number of hydrogen-bond donors (Lipinski definition) is 1. The average Bonchev–Trinajstić information content (AvgIpc) is 2.80. The first-order valence-corrected chi connectivity index (χ1v) is 8.36. The number of aromatic nitrogens is 1. The largest absolute Gasteiger partial charge is 0.331 e. The van der Waals surface area contributed by atoms with Crippen LogP contribution in [0.1, 0.15) is 4.88 Å². The smallest absolute Gasteiger partial charge is 0.187 e. The summed E-state index contributed by atoms with van der Waals surface area (Å²) in [5, 5.41) is 4.88. The van der Waals surface area contributed by atoms with Gasteiger partial charge in [0.25, 0.3) is 0 Å². The lowest BCUT2D eigenvalue weighted by atomic mass is 10.1. The standard InChI is InChI=1S/C16H12BrClN2S/c1-10-15(11-5-7-12(17)8-6-11)20-16(21-10)19-14-4-2-3-13(18)9-14/h2-9H,1H3,(H,19,20). The van der Waals surface area contributed by atoms with Gasteiger partial charge in [0.15, 0.2) is 5.13 Å². The third-order valence-corrected chi connectivity index (χ3v) is 4.64. The zero-order valence-electron chi connectivity index (χ0n) is 11.2. The maximum Gasteiger partial charge on any atom is 0.187 e. The highest BCUT2D eigenvalue weighted by Crippen LogP contribution is 2.32. The fourth-order valence-electron chi connectivity index (χ4n) is 2.02. The third kappa shape index (κ3) is 3.46. The van der Waals surface area contributed by atoms with Crippen molar-refractivity contribution in [2.45, 2.75) is 6.92 Å². The lowest BCUT2D eigenvalue weighted by Crippen LogP contribution is -1.89. The minimum atomic E-state index is 0.710. The summed E-state index contributed by atoms with van der Waals surface area (Å²) in [6.45, 7) is 2.08. The Hall–Kier alpha value is -1.36. The highest BCUT2D eigenvalue weighted by Gasteiger charge is 2.10. The zero-order valence-corrected chi connectivity index (χ0v) is 14.4. The Balaban J connectivity index is 1.89. The van der Waals surface area contributed by atoms with Gasteiger partial charge >= 0.3 is 0 Å². The molecule has 0 spiro atoms. The Bertz CT molecular complexity index is 768. The van der Waals surface area contributed by atoms with E-state index in [4.69, 9.17) is 11.6 Å². The lowest BCUT2D eigenvalue weighted by molar-refractivity contribution is 1.36. The van der Waals surface area contributed by atoms with Gasteiger partial charge in [-0.1, -0.05) is 45.7 Å². The predicted octanol–water partition coefficient (Wildman–Crippen LogP) is 6.28. The molecule has 0 saturated heterocycles. The molecule has 0 fully saturated rings. The maximum absolute atomic E-state index is 6.00. The van der Waals surface area contributed by atoms with Gasteiger partial charge in [-0.25, -0.2) is 4.98 Å². The number of rotatable bonds is 3. The minimum Gasteiger partial charge on any atom is -0.331 e. The fourth-order valence-corrected chi connectivity index (χ4v) is 3.33. The lowest BCUT2D eigenvalue weighted by Gasteiger charge is -2.02. The molecule has 0 atom stereocenters. The van der Waals surface area contributed by atoms with Crippen LogP contribution in [0, 0.1) is 6.92 Å². The van der Waals surface area contributed by atoms with Crippen molar-refractivity contribution in [1.29, 1.82) is 0 Å². The number of aryl methyl sites for hydroxylation is 1. The molecule has 0 aliphatic heterocycles. The van der Waals surface area contributed by atoms with Gasteiger partial charge in [0.2, 0.25) is 0 Å². The van der Waals surface area contributed by atoms with Gasteiger partial charge in [-0.05, 0) is 37.3 Å². The van der Waals surface area contributed by atoms with E-state index in [2.05, 4.69) is 45.3 Å². The van der Waals surface area contributed by atoms with Crippen LogP contribution >= 0.6 is 38.9 Å². The zero-order chi connectivity index (χ0) is 14.8. The second-order valence-corrected chi connectivity index (χ2v) is 7.12. The van der Waals surface area contributed by atoms with Crippen LogP contribution in [0.15, 0.2) is 53.0 Å². The van der Waals surface area contributed by atoms with E-state index in [1.54, 1.807) is 11.3 Å². The molecule has 0 unspecified atom stereocenters. The van der Waals surface area contributed by atoms with Crippen LogP contribution in [0.5, 0.6) is 0 Å². The second-order valence-electron chi connectivity index (χ2n) is 4.57. The van der Waals surface area contributed by atoms with Gasteiger partial charge in [-0.2, -0.15) is 0 Å². The van der Waals surface area contributed by atoms with Crippen LogP contribution in [0.3, 0.4) is 0 Å². The van der Waals surface area contributed by atoms with Crippen LogP contribution in [-0.2, 0) is 0 Å². The fraction of sp³-hybridized carbons (Fsp3) is 0.0625. The van der Waals surface area contributed by atoms with E-state index in [1.807, 2.05) is 36.4 Å².